The van der Waals surface area contributed by atoms with Gasteiger partial charge >= 0.3 is 0 Å². The van der Waals surface area contributed by atoms with Gasteiger partial charge in [-0.1, -0.05) is 158 Å². The molecule has 5 rings (SSSR count). The van der Waals surface area contributed by atoms with Gasteiger partial charge in [-0.15, -0.1) is 0 Å². The Bertz CT molecular complexity index is 1750. The highest BCUT2D eigenvalue weighted by Crippen LogP contribution is 2.41. The van der Waals surface area contributed by atoms with E-state index in [4.69, 9.17) is 9.47 Å². The van der Waals surface area contributed by atoms with E-state index in [1.807, 2.05) is 91.1 Å². The minimum absolute atomic E-state index is 0.722. The summed E-state index contributed by atoms with van der Waals surface area (Å²) in [5.74, 6) is 1.46. The number of ether oxygens (including phenoxy) is 2. The zero-order valence-electron chi connectivity index (χ0n) is 26.8. The second-order valence-corrected chi connectivity index (χ2v) is 10.6. The Labute approximate surface area is 279 Å². The maximum absolute atomic E-state index is 5.82. The zero-order chi connectivity index (χ0) is 32.5. The van der Waals surface area contributed by atoms with Gasteiger partial charge in [0.2, 0.25) is 0 Å². The summed E-state index contributed by atoms with van der Waals surface area (Å²) in [6, 6.07) is 43.5. The van der Waals surface area contributed by atoms with Gasteiger partial charge in [0.05, 0.1) is 19.9 Å². The van der Waals surface area contributed by atoms with Gasteiger partial charge in [0.25, 0.3) is 0 Å². The summed E-state index contributed by atoms with van der Waals surface area (Å²) >= 11 is 0. The van der Waals surface area contributed by atoms with Crippen LogP contribution < -0.4 is 14.4 Å². The molecule has 0 aliphatic rings. The van der Waals surface area contributed by atoms with E-state index in [0.717, 1.165) is 39.7 Å². The minimum Gasteiger partial charge on any atom is -0.497 e. The molecular weight excluding hydrogens is 574 g/mol. The molecule has 3 nitrogen and oxygen atoms in total. The Balaban J connectivity index is 1.32. The number of hydrogen-bond donors (Lipinski definition) is 0. The van der Waals surface area contributed by atoms with E-state index in [9.17, 15) is 0 Å². The van der Waals surface area contributed by atoms with Crippen LogP contribution in [0.25, 0.3) is 24.3 Å². The van der Waals surface area contributed by atoms with Gasteiger partial charge in [-0.25, -0.2) is 0 Å². The molecule has 0 aromatic heterocycles. The Morgan fingerprint density at radius 2 is 0.809 bits per heavy atom. The van der Waals surface area contributed by atoms with Crippen molar-refractivity contribution in [3.05, 3.63) is 198 Å². The average Bonchev–Trinajstić information content (AvgIpc) is 3.13. The lowest BCUT2D eigenvalue weighted by atomic mass is 10.1. The fourth-order valence-corrected chi connectivity index (χ4v) is 4.92. The molecule has 0 N–H and O–H groups in total. The van der Waals surface area contributed by atoms with Gasteiger partial charge in [0.15, 0.2) is 0 Å². The zero-order valence-corrected chi connectivity index (χ0v) is 26.8. The van der Waals surface area contributed by atoms with Crippen molar-refractivity contribution in [3.63, 3.8) is 0 Å². The van der Waals surface area contributed by atoms with Crippen LogP contribution in [0.5, 0.6) is 11.5 Å². The lowest BCUT2D eigenvalue weighted by Crippen LogP contribution is -2.11. The molecule has 0 unspecified atom stereocenters. The van der Waals surface area contributed by atoms with Crippen LogP contribution in [-0.4, -0.2) is 14.2 Å². The first kappa shape index (κ1) is 32.3. The van der Waals surface area contributed by atoms with Crippen LogP contribution in [0.3, 0.4) is 0 Å². The lowest BCUT2D eigenvalue weighted by Gasteiger charge is -2.27. The van der Waals surface area contributed by atoms with Crippen LogP contribution in [0.15, 0.2) is 176 Å². The average molecular weight is 614 g/mol. The topological polar surface area (TPSA) is 21.7 Å². The van der Waals surface area contributed by atoms with E-state index >= 15 is 0 Å². The molecule has 0 heterocycles. The number of methoxy groups -OCH3 is 2. The maximum atomic E-state index is 5.82. The third kappa shape index (κ3) is 9.71. The number of hydrogen-bond acceptors (Lipinski definition) is 3. The molecule has 3 heteroatoms. The molecule has 5 aromatic carbocycles. The van der Waals surface area contributed by atoms with Crippen molar-refractivity contribution >= 4 is 41.4 Å². The monoisotopic (exact) mass is 613 g/mol. The number of rotatable bonds is 13. The Morgan fingerprint density at radius 3 is 1.19 bits per heavy atom. The van der Waals surface area contributed by atoms with E-state index in [2.05, 4.69) is 114 Å². The molecule has 0 amide bonds. The fraction of sp³-hybridized carbons (Fsp3) is 0.0455. The summed E-state index contributed by atoms with van der Waals surface area (Å²) in [6.45, 7) is 0. The molecule has 0 saturated heterocycles. The number of benzene rings is 5. The first-order valence-electron chi connectivity index (χ1n) is 15.6. The van der Waals surface area contributed by atoms with Crippen LogP contribution >= 0.6 is 0 Å². The van der Waals surface area contributed by atoms with Gasteiger partial charge in [-0.05, 0) is 58.7 Å². The van der Waals surface area contributed by atoms with Crippen LogP contribution in [0.2, 0.25) is 0 Å². The van der Waals surface area contributed by atoms with Crippen molar-refractivity contribution < 1.29 is 9.47 Å². The number of nitrogens with zero attached hydrogens (tertiary/aromatic N) is 1. The summed E-state index contributed by atoms with van der Waals surface area (Å²) in [5.41, 5.74) is 7.54. The third-order valence-electron chi connectivity index (χ3n) is 7.35. The summed E-state index contributed by atoms with van der Waals surface area (Å²) < 4.78 is 11.3. The highest BCUT2D eigenvalue weighted by molar-refractivity contribution is 5.81. The number of allylic oxidation sites excluding steroid dienone is 8. The van der Waals surface area contributed by atoms with Crippen molar-refractivity contribution in [2.45, 2.75) is 0 Å². The fourth-order valence-electron chi connectivity index (χ4n) is 4.92. The Kier molecular flexibility index (Phi) is 12.0. The summed E-state index contributed by atoms with van der Waals surface area (Å²) in [4.78, 5) is 2.20. The highest BCUT2D eigenvalue weighted by Gasteiger charge is 2.17. The minimum atomic E-state index is 0.722. The Hall–Kier alpha value is -6.06. The molecule has 47 heavy (non-hydrogen) atoms. The highest BCUT2D eigenvalue weighted by atomic mass is 16.5. The van der Waals surface area contributed by atoms with Gasteiger partial charge < -0.3 is 14.4 Å². The second kappa shape index (κ2) is 17.4. The normalized spacial score (nSPS) is 12.0. The van der Waals surface area contributed by atoms with E-state index < -0.39 is 0 Å². The smallest absolute Gasteiger partial charge is 0.146 e. The molecule has 5 aromatic rings. The van der Waals surface area contributed by atoms with Crippen molar-refractivity contribution in [1.82, 2.24) is 0 Å². The van der Waals surface area contributed by atoms with Crippen LogP contribution in [0.4, 0.5) is 17.1 Å². The van der Waals surface area contributed by atoms with Crippen molar-refractivity contribution in [2.24, 2.45) is 0 Å². The van der Waals surface area contributed by atoms with Crippen molar-refractivity contribution in [2.75, 3.05) is 19.1 Å². The summed E-state index contributed by atoms with van der Waals surface area (Å²) in [7, 11) is 3.34. The Morgan fingerprint density at radius 1 is 0.404 bits per heavy atom. The van der Waals surface area contributed by atoms with Gasteiger partial charge in [0, 0.05) is 17.4 Å². The van der Waals surface area contributed by atoms with Crippen molar-refractivity contribution in [3.8, 4) is 11.5 Å². The SMILES string of the molecule is COc1ccc(N(c2ccc(/C=C/C=C/C=C/c3ccccc3)cc2)c2ccc(/C=C/C=C/C=C/c3ccccc3)cc2)c(OC)c1. The second-order valence-electron chi connectivity index (χ2n) is 10.6. The molecule has 0 spiro atoms. The van der Waals surface area contributed by atoms with Crippen molar-refractivity contribution in [1.29, 1.82) is 0 Å². The van der Waals surface area contributed by atoms with Crippen LogP contribution in [0.1, 0.15) is 22.3 Å². The maximum Gasteiger partial charge on any atom is 0.146 e. The van der Waals surface area contributed by atoms with Gasteiger partial charge in [0.1, 0.15) is 11.5 Å². The first-order chi connectivity index (χ1) is 23.2. The van der Waals surface area contributed by atoms with Gasteiger partial charge in [-0.2, -0.15) is 0 Å². The first-order valence-corrected chi connectivity index (χ1v) is 15.6. The largest absolute Gasteiger partial charge is 0.497 e. The van der Waals surface area contributed by atoms with E-state index in [0.29, 0.717) is 0 Å². The summed E-state index contributed by atoms with van der Waals surface area (Å²) in [6.07, 6.45) is 24.7. The molecule has 0 aliphatic carbocycles. The predicted octanol–water partition coefficient (Wildman–Crippen LogP) is 11.7. The van der Waals surface area contributed by atoms with E-state index in [1.54, 1.807) is 14.2 Å². The third-order valence-corrected chi connectivity index (χ3v) is 7.35. The molecule has 0 radical (unpaired) electrons. The molecule has 0 aliphatic heterocycles. The molecule has 0 atom stereocenters. The quantitative estimate of drug-likeness (QED) is 0.123. The number of anilines is 3. The van der Waals surface area contributed by atoms with Gasteiger partial charge in [-0.3, -0.25) is 0 Å². The predicted molar refractivity (Wildman–Crippen MR) is 202 cm³/mol. The molecule has 0 bridgehead atoms. The van der Waals surface area contributed by atoms with E-state index in [-0.39, 0.29) is 0 Å². The van der Waals surface area contributed by atoms with Crippen LogP contribution in [-0.2, 0) is 0 Å². The standard InChI is InChI=1S/C44H39NO2/c1-46-42-33-34-43(44(35-42)47-2)45(40-29-25-38(26-30-40)23-11-5-3-9-17-36-19-13-7-14-20-36)41-31-27-39(28-32-41)24-12-6-4-10-18-37-21-15-8-16-22-37/h3-35H,1-2H3/b5-3+,6-4+,17-9+,18-10+,23-11+,24-12+. The summed E-state index contributed by atoms with van der Waals surface area (Å²) in [5, 5.41) is 0. The molecule has 0 fully saturated rings. The lowest BCUT2D eigenvalue weighted by molar-refractivity contribution is 0.395. The van der Waals surface area contributed by atoms with E-state index in [1.165, 1.54) is 11.1 Å². The van der Waals surface area contributed by atoms with Crippen LogP contribution in [0, 0.1) is 0 Å². The molecule has 0 saturated carbocycles. The molecular formula is C44H39NO2. The molecule has 232 valence electrons.